The molecule has 0 unspecified atom stereocenters. The molecular weight excluding hydrogens is 535 g/mol. The van der Waals surface area contributed by atoms with Gasteiger partial charge in [0.05, 0.1) is 52.6 Å². The highest BCUT2D eigenvalue weighted by Crippen LogP contribution is 2.30. The molecule has 0 radical (unpaired) electrons. The molecular formula is C29H32F3N7O2. The number of fused-ring (bicyclic) bond motifs is 1. The number of aromatic nitrogens is 4. The Hall–Kier alpha value is -4.19. The maximum Gasteiger partial charge on any atom is 0.401 e. The van der Waals surface area contributed by atoms with Gasteiger partial charge in [-0.1, -0.05) is 0 Å². The quantitative estimate of drug-likeness (QED) is 0.317. The average molecular weight is 568 g/mol. The molecule has 4 heterocycles. The number of hydrogen-bond acceptors (Lipinski definition) is 7. The van der Waals surface area contributed by atoms with E-state index in [4.69, 9.17) is 9.97 Å². The largest absolute Gasteiger partial charge is 0.508 e. The van der Waals surface area contributed by atoms with E-state index >= 15 is 0 Å². The first-order valence-electron chi connectivity index (χ1n) is 13.4. The number of aromatic hydroxyl groups is 1. The van der Waals surface area contributed by atoms with Crippen molar-refractivity contribution in [3.8, 4) is 17.1 Å². The van der Waals surface area contributed by atoms with E-state index in [1.807, 2.05) is 31.5 Å². The van der Waals surface area contributed by atoms with Gasteiger partial charge in [-0.05, 0) is 57.2 Å². The van der Waals surface area contributed by atoms with Gasteiger partial charge >= 0.3 is 6.18 Å². The zero-order valence-electron chi connectivity index (χ0n) is 23.3. The van der Waals surface area contributed by atoms with Gasteiger partial charge in [0.15, 0.2) is 0 Å². The topological polar surface area (TPSA) is 99.4 Å². The number of nitrogens with zero attached hydrogens (tertiary/aromatic N) is 6. The van der Waals surface area contributed by atoms with E-state index in [2.05, 4.69) is 10.4 Å². The fourth-order valence-electron chi connectivity index (χ4n) is 5.13. The predicted octanol–water partition coefficient (Wildman–Crippen LogP) is 4.77. The molecule has 12 heteroatoms. The highest BCUT2D eigenvalue weighted by Gasteiger charge is 2.37. The van der Waals surface area contributed by atoms with E-state index in [1.54, 1.807) is 36.3 Å². The number of benzene rings is 1. The Labute approximate surface area is 235 Å². The maximum absolute atomic E-state index is 13.7. The number of hydrogen-bond donors (Lipinski definition) is 2. The monoisotopic (exact) mass is 567 g/mol. The summed E-state index contributed by atoms with van der Waals surface area (Å²) in [7, 11) is 1.72. The summed E-state index contributed by atoms with van der Waals surface area (Å²) in [5, 5.41) is 18.3. The van der Waals surface area contributed by atoms with E-state index in [1.165, 1.54) is 17.0 Å². The van der Waals surface area contributed by atoms with E-state index in [0.717, 1.165) is 23.5 Å². The minimum absolute atomic E-state index is 0.0259. The van der Waals surface area contributed by atoms with Gasteiger partial charge in [-0.3, -0.25) is 14.4 Å². The molecule has 5 rings (SSSR count). The van der Waals surface area contributed by atoms with Gasteiger partial charge in [-0.25, -0.2) is 9.97 Å². The standard InChI is InChI=1S/C29H32F3N7O2/c1-5-39-18(3)19(12-33-39)13-37(4)28(41)23-11-27(36-25-7-6-21(40)10-22(23)25)26-9-8-24(17(2)34-26)35-20-14-38(15-20)16-29(30,31)32/h6-12,20,35,40H,5,13-16H2,1-4H3. The molecule has 1 aromatic carbocycles. The maximum atomic E-state index is 13.7. The van der Waals surface area contributed by atoms with E-state index in [0.29, 0.717) is 53.2 Å². The van der Waals surface area contributed by atoms with Gasteiger partial charge in [0, 0.05) is 49.9 Å². The Kier molecular flexibility index (Phi) is 7.60. The lowest BCUT2D eigenvalue weighted by molar-refractivity contribution is -0.153. The van der Waals surface area contributed by atoms with Crippen LogP contribution in [-0.4, -0.2) is 79.5 Å². The first-order valence-corrected chi connectivity index (χ1v) is 13.4. The number of likely N-dealkylation sites (tertiary alicyclic amines) is 1. The smallest absolute Gasteiger partial charge is 0.401 e. The molecule has 0 bridgehead atoms. The number of carbonyl (C=O) groups excluding carboxylic acids is 1. The molecule has 1 aliphatic rings. The number of nitrogens with one attached hydrogen (secondary N) is 1. The summed E-state index contributed by atoms with van der Waals surface area (Å²) in [6.45, 7) is 6.59. The van der Waals surface area contributed by atoms with Crippen molar-refractivity contribution < 1.29 is 23.1 Å². The molecule has 0 saturated carbocycles. The zero-order chi connectivity index (χ0) is 29.5. The Morgan fingerprint density at radius 2 is 1.88 bits per heavy atom. The Morgan fingerprint density at radius 1 is 1.12 bits per heavy atom. The molecule has 216 valence electrons. The number of rotatable bonds is 8. The van der Waals surface area contributed by atoms with Crippen LogP contribution < -0.4 is 5.32 Å². The lowest BCUT2D eigenvalue weighted by Gasteiger charge is -2.40. The molecule has 1 aliphatic heterocycles. The molecule has 9 nitrogen and oxygen atoms in total. The summed E-state index contributed by atoms with van der Waals surface area (Å²) in [6, 6.07) is 9.89. The Morgan fingerprint density at radius 3 is 2.54 bits per heavy atom. The summed E-state index contributed by atoms with van der Waals surface area (Å²) in [5.74, 6) is -0.214. The summed E-state index contributed by atoms with van der Waals surface area (Å²) >= 11 is 0. The number of phenolic OH excluding ortho intramolecular Hbond substituents is 1. The highest BCUT2D eigenvalue weighted by atomic mass is 19.4. The molecule has 2 N–H and O–H groups in total. The first-order chi connectivity index (χ1) is 19.4. The zero-order valence-corrected chi connectivity index (χ0v) is 23.3. The van der Waals surface area contributed by atoms with Crippen LogP contribution in [-0.2, 0) is 13.1 Å². The lowest BCUT2D eigenvalue weighted by Crippen LogP contribution is -2.57. The lowest BCUT2D eigenvalue weighted by atomic mass is 10.0. The van der Waals surface area contributed by atoms with Crippen molar-refractivity contribution in [3.63, 3.8) is 0 Å². The number of amides is 1. The molecule has 41 heavy (non-hydrogen) atoms. The molecule has 1 amide bonds. The summed E-state index contributed by atoms with van der Waals surface area (Å²) in [5.41, 5.74) is 5.29. The van der Waals surface area contributed by atoms with Crippen molar-refractivity contribution in [2.24, 2.45) is 0 Å². The van der Waals surface area contributed by atoms with Gasteiger partial charge in [-0.15, -0.1) is 0 Å². The van der Waals surface area contributed by atoms with Crippen LogP contribution in [0, 0.1) is 13.8 Å². The number of carbonyl (C=O) groups is 1. The third kappa shape index (κ3) is 6.12. The van der Waals surface area contributed by atoms with Gasteiger partial charge in [-0.2, -0.15) is 18.3 Å². The van der Waals surface area contributed by atoms with Crippen molar-refractivity contribution in [2.45, 2.75) is 46.1 Å². The molecule has 3 aromatic heterocycles. The van der Waals surface area contributed by atoms with Crippen molar-refractivity contribution in [2.75, 3.05) is 32.0 Å². The number of alkyl halides is 3. The highest BCUT2D eigenvalue weighted by molar-refractivity contribution is 6.07. The Balaban J connectivity index is 1.40. The number of phenols is 1. The first kappa shape index (κ1) is 28.3. The third-order valence-corrected chi connectivity index (χ3v) is 7.35. The fourth-order valence-corrected chi connectivity index (χ4v) is 5.13. The van der Waals surface area contributed by atoms with Crippen LogP contribution in [0.5, 0.6) is 5.75 Å². The van der Waals surface area contributed by atoms with E-state index < -0.39 is 12.7 Å². The van der Waals surface area contributed by atoms with Crippen molar-refractivity contribution in [1.29, 1.82) is 0 Å². The molecule has 0 aliphatic carbocycles. The van der Waals surface area contributed by atoms with Crippen LogP contribution in [0.3, 0.4) is 0 Å². The van der Waals surface area contributed by atoms with Crippen LogP contribution in [0.2, 0.25) is 0 Å². The van der Waals surface area contributed by atoms with Crippen molar-refractivity contribution in [1.82, 2.24) is 29.5 Å². The number of pyridine rings is 2. The number of anilines is 1. The second kappa shape index (κ2) is 11.0. The third-order valence-electron chi connectivity index (χ3n) is 7.35. The summed E-state index contributed by atoms with van der Waals surface area (Å²) < 4.78 is 39.7. The summed E-state index contributed by atoms with van der Waals surface area (Å²) in [4.78, 5) is 26.1. The second-order valence-corrected chi connectivity index (χ2v) is 10.5. The van der Waals surface area contributed by atoms with Crippen molar-refractivity contribution >= 4 is 22.5 Å². The predicted molar refractivity (Wildman–Crippen MR) is 150 cm³/mol. The van der Waals surface area contributed by atoms with Crippen molar-refractivity contribution in [3.05, 3.63) is 65.1 Å². The minimum Gasteiger partial charge on any atom is -0.508 e. The Bertz CT molecular complexity index is 1600. The molecule has 1 saturated heterocycles. The molecule has 0 atom stereocenters. The minimum atomic E-state index is -4.21. The van der Waals surface area contributed by atoms with Gasteiger partial charge in [0.25, 0.3) is 5.91 Å². The molecule has 4 aromatic rings. The fraction of sp³-hybridized carbons (Fsp3) is 0.379. The van der Waals surface area contributed by atoms with Crippen LogP contribution in [0.25, 0.3) is 22.3 Å². The normalized spacial score (nSPS) is 14.3. The number of halogens is 3. The van der Waals surface area contributed by atoms with Gasteiger partial charge in [0.1, 0.15) is 5.75 Å². The van der Waals surface area contributed by atoms with Crippen LogP contribution in [0.15, 0.2) is 42.6 Å². The van der Waals surface area contributed by atoms with Crippen LogP contribution in [0.1, 0.15) is 34.2 Å². The SMILES string of the molecule is CCn1ncc(CN(C)C(=O)c2cc(-c3ccc(NC4CN(CC(F)(F)F)C4)c(C)n3)nc3ccc(O)cc23)c1C. The van der Waals surface area contributed by atoms with E-state index in [9.17, 15) is 23.1 Å². The van der Waals surface area contributed by atoms with Crippen LogP contribution in [0.4, 0.5) is 18.9 Å². The number of aryl methyl sites for hydroxylation is 2. The van der Waals surface area contributed by atoms with E-state index in [-0.39, 0.29) is 17.7 Å². The molecule has 0 spiro atoms. The molecule has 1 fully saturated rings. The van der Waals surface area contributed by atoms with Gasteiger partial charge in [0.2, 0.25) is 0 Å². The van der Waals surface area contributed by atoms with Gasteiger partial charge < -0.3 is 15.3 Å². The van der Waals surface area contributed by atoms with Crippen LogP contribution >= 0.6 is 0 Å². The second-order valence-electron chi connectivity index (χ2n) is 10.5. The average Bonchev–Trinajstić information content (AvgIpc) is 3.25. The summed E-state index contributed by atoms with van der Waals surface area (Å²) in [6.07, 6.45) is -2.44.